The van der Waals surface area contributed by atoms with Gasteiger partial charge in [0.1, 0.15) is 5.52 Å². The Bertz CT molecular complexity index is 1210. The normalized spacial score (nSPS) is 11.9. The first-order valence-electron chi connectivity index (χ1n) is 8.67. The first-order valence-corrected chi connectivity index (χ1v) is 8.67. The van der Waals surface area contributed by atoms with Crippen molar-refractivity contribution in [2.24, 2.45) is 18.6 Å². The van der Waals surface area contributed by atoms with Crippen molar-refractivity contribution < 1.29 is 8.78 Å². The number of aromatic nitrogens is 5. The van der Waals surface area contributed by atoms with Gasteiger partial charge in [0.2, 0.25) is 0 Å². The summed E-state index contributed by atoms with van der Waals surface area (Å²) in [5.41, 5.74) is 9.78. The summed E-state index contributed by atoms with van der Waals surface area (Å²) in [6.45, 7) is -0.0563. The molecule has 0 unspecified atom stereocenters. The number of hydrogen-bond donors (Lipinski definition) is 3. The van der Waals surface area contributed by atoms with Crippen LogP contribution in [0.3, 0.4) is 0 Å². The van der Waals surface area contributed by atoms with Gasteiger partial charge in [0.15, 0.2) is 17.3 Å². The van der Waals surface area contributed by atoms with Crippen molar-refractivity contribution in [3.05, 3.63) is 71.9 Å². The van der Waals surface area contributed by atoms with Gasteiger partial charge in [-0.3, -0.25) is 4.68 Å². The lowest BCUT2D eigenvalue weighted by Crippen LogP contribution is -2.26. The van der Waals surface area contributed by atoms with E-state index < -0.39 is 11.6 Å². The van der Waals surface area contributed by atoms with Crippen LogP contribution in [0.2, 0.25) is 0 Å². The predicted octanol–water partition coefficient (Wildman–Crippen LogP) is 2.27. The van der Waals surface area contributed by atoms with E-state index in [-0.39, 0.29) is 12.1 Å². The van der Waals surface area contributed by atoms with Gasteiger partial charge < -0.3 is 15.7 Å². The molecule has 0 radical (unpaired) electrons. The van der Waals surface area contributed by atoms with Crippen molar-refractivity contribution in [1.82, 2.24) is 29.7 Å². The van der Waals surface area contributed by atoms with Crippen LogP contribution in [0, 0.1) is 11.6 Å². The van der Waals surface area contributed by atoms with Gasteiger partial charge in [-0.1, -0.05) is 12.1 Å². The molecule has 148 valence electrons. The van der Waals surface area contributed by atoms with E-state index in [1.807, 2.05) is 13.2 Å². The van der Waals surface area contributed by atoms with E-state index in [0.29, 0.717) is 28.1 Å². The number of benzene rings is 1. The summed E-state index contributed by atoms with van der Waals surface area (Å²) in [7, 11) is 1.81. The molecule has 0 spiro atoms. The number of hydrazine groups is 1. The molecule has 4 aromatic rings. The van der Waals surface area contributed by atoms with Crippen LogP contribution >= 0.6 is 0 Å². The fourth-order valence-corrected chi connectivity index (χ4v) is 2.97. The van der Waals surface area contributed by atoms with E-state index in [1.165, 1.54) is 23.3 Å². The molecule has 10 heteroatoms. The minimum Gasteiger partial charge on any atom is -0.397 e. The van der Waals surface area contributed by atoms with Crippen molar-refractivity contribution >= 4 is 16.9 Å². The van der Waals surface area contributed by atoms with Crippen molar-refractivity contribution in [2.75, 3.05) is 0 Å². The standard InChI is InChI=1S/C19H18F2N8/c1-28-8-12(5-26-28)16-7-25-19-18(27-16)13(6-24-19)15(22)10-29(23)9-11-3-2-4-14(20)17(11)21/h2-8,10H,9,22-23H2,1H3,(H,24,25)/b15-10-. The Morgan fingerprint density at radius 1 is 1.31 bits per heavy atom. The number of aromatic amines is 1. The third kappa shape index (κ3) is 3.65. The molecule has 0 saturated heterocycles. The highest BCUT2D eigenvalue weighted by Gasteiger charge is 2.13. The molecule has 8 nitrogen and oxygen atoms in total. The molecular formula is C19H18F2N8. The largest absolute Gasteiger partial charge is 0.397 e. The molecule has 3 aromatic heterocycles. The topological polar surface area (TPSA) is 115 Å². The van der Waals surface area contributed by atoms with Crippen LogP contribution in [-0.4, -0.2) is 29.7 Å². The second kappa shape index (κ2) is 7.32. The average Bonchev–Trinajstić information content (AvgIpc) is 3.31. The fourth-order valence-electron chi connectivity index (χ4n) is 2.97. The van der Waals surface area contributed by atoms with Gasteiger partial charge in [0.05, 0.1) is 30.3 Å². The number of fused-ring (bicyclic) bond motifs is 1. The SMILES string of the molecule is Cn1cc(-c2cnc3[nH]cc(/C(N)=C/N(N)Cc4cccc(F)c4F)c3n2)cn1. The molecular weight excluding hydrogens is 378 g/mol. The monoisotopic (exact) mass is 396 g/mol. The summed E-state index contributed by atoms with van der Waals surface area (Å²) >= 11 is 0. The second-order valence-electron chi connectivity index (χ2n) is 6.53. The number of rotatable bonds is 5. The van der Waals surface area contributed by atoms with Gasteiger partial charge in [-0.15, -0.1) is 0 Å². The summed E-state index contributed by atoms with van der Waals surface area (Å²) < 4.78 is 28.9. The Kier molecular flexibility index (Phi) is 4.69. The number of nitrogens with two attached hydrogens (primary N) is 2. The van der Waals surface area contributed by atoms with E-state index in [1.54, 1.807) is 23.3 Å². The predicted molar refractivity (Wildman–Crippen MR) is 104 cm³/mol. The van der Waals surface area contributed by atoms with E-state index in [9.17, 15) is 8.78 Å². The maximum Gasteiger partial charge on any atom is 0.163 e. The van der Waals surface area contributed by atoms with E-state index in [2.05, 4.69) is 20.1 Å². The fraction of sp³-hybridized carbons (Fsp3) is 0.105. The summed E-state index contributed by atoms with van der Waals surface area (Å²) in [6, 6.07) is 3.93. The lowest BCUT2D eigenvalue weighted by Gasteiger charge is -2.15. The Labute approximate surface area is 164 Å². The van der Waals surface area contributed by atoms with Crippen LogP contribution in [0.4, 0.5) is 8.78 Å². The van der Waals surface area contributed by atoms with E-state index in [0.717, 1.165) is 11.6 Å². The Hall–Kier alpha value is -3.79. The zero-order valence-corrected chi connectivity index (χ0v) is 15.5. The number of hydrogen-bond acceptors (Lipinski definition) is 6. The zero-order valence-electron chi connectivity index (χ0n) is 15.5. The third-order valence-electron chi connectivity index (χ3n) is 4.38. The minimum absolute atomic E-state index is 0.0563. The lowest BCUT2D eigenvalue weighted by molar-refractivity contribution is 0.373. The van der Waals surface area contributed by atoms with Crippen LogP contribution in [0.1, 0.15) is 11.1 Å². The van der Waals surface area contributed by atoms with Crippen molar-refractivity contribution in [2.45, 2.75) is 6.54 Å². The highest BCUT2D eigenvalue weighted by atomic mass is 19.2. The van der Waals surface area contributed by atoms with Gasteiger partial charge in [-0.2, -0.15) is 5.10 Å². The van der Waals surface area contributed by atoms with Crippen LogP contribution < -0.4 is 11.6 Å². The number of nitrogens with one attached hydrogen (secondary N) is 1. The van der Waals surface area contributed by atoms with Crippen LogP contribution in [0.15, 0.2) is 49.2 Å². The maximum atomic E-state index is 13.8. The highest BCUT2D eigenvalue weighted by Crippen LogP contribution is 2.23. The molecule has 3 heterocycles. The molecule has 0 saturated carbocycles. The molecule has 1 aromatic carbocycles. The molecule has 29 heavy (non-hydrogen) atoms. The van der Waals surface area contributed by atoms with Crippen LogP contribution in [0.5, 0.6) is 0 Å². The molecule has 0 aliphatic rings. The molecule has 0 bridgehead atoms. The Morgan fingerprint density at radius 3 is 2.90 bits per heavy atom. The maximum absolute atomic E-state index is 13.8. The number of halogens is 2. The van der Waals surface area contributed by atoms with Gasteiger partial charge in [-0.05, 0) is 6.07 Å². The van der Waals surface area contributed by atoms with Crippen molar-refractivity contribution in [3.8, 4) is 11.3 Å². The number of nitrogens with zero attached hydrogens (tertiary/aromatic N) is 5. The summed E-state index contributed by atoms with van der Waals surface area (Å²) in [4.78, 5) is 12.0. The van der Waals surface area contributed by atoms with Gasteiger partial charge in [0.25, 0.3) is 0 Å². The zero-order chi connectivity index (χ0) is 20.5. The van der Waals surface area contributed by atoms with E-state index in [4.69, 9.17) is 11.6 Å². The molecule has 5 N–H and O–H groups in total. The van der Waals surface area contributed by atoms with E-state index >= 15 is 0 Å². The summed E-state index contributed by atoms with van der Waals surface area (Å²) in [5, 5.41) is 5.32. The quantitative estimate of drug-likeness (QED) is 0.352. The Balaban J connectivity index is 1.63. The van der Waals surface area contributed by atoms with Gasteiger partial charge in [-0.25, -0.2) is 24.6 Å². The first-order chi connectivity index (χ1) is 13.9. The Morgan fingerprint density at radius 2 is 2.14 bits per heavy atom. The van der Waals surface area contributed by atoms with Gasteiger partial charge >= 0.3 is 0 Å². The minimum atomic E-state index is -0.936. The van der Waals surface area contributed by atoms with Crippen LogP contribution in [-0.2, 0) is 13.6 Å². The smallest absolute Gasteiger partial charge is 0.163 e. The highest BCUT2D eigenvalue weighted by molar-refractivity contribution is 5.87. The van der Waals surface area contributed by atoms with Crippen molar-refractivity contribution in [3.63, 3.8) is 0 Å². The molecule has 0 amide bonds. The van der Waals surface area contributed by atoms with Crippen LogP contribution in [0.25, 0.3) is 28.1 Å². The first kappa shape index (κ1) is 18.6. The molecule has 0 fully saturated rings. The lowest BCUT2D eigenvalue weighted by atomic mass is 10.2. The second-order valence-corrected chi connectivity index (χ2v) is 6.53. The molecule has 0 aliphatic carbocycles. The molecule has 0 aliphatic heterocycles. The molecule has 4 rings (SSSR count). The third-order valence-corrected chi connectivity index (χ3v) is 4.38. The summed E-state index contributed by atoms with van der Waals surface area (Å²) in [5.74, 6) is 4.07. The number of aryl methyl sites for hydroxylation is 1. The number of H-pyrrole nitrogens is 1. The van der Waals surface area contributed by atoms with Gasteiger partial charge in [0, 0.05) is 42.3 Å². The average molecular weight is 396 g/mol. The van der Waals surface area contributed by atoms with Crippen molar-refractivity contribution in [1.29, 1.82) is 0 Å². The molecule has 0 atom stereocenters. The summed E-state index contributed by atoms with van der Waals surface area (Å²) in [6.07, 6.45) is 8.26.